The van der Waals surface area contributed by atoms with Gasteiger partial charge in [-0.3, -0.25) is 5.41 Å². The van der Waals surface area contributed by atoms with Gasteiger partial charge in [-0.25, -0.2) is 4.98 Å². The van der Waals surface area contributed by atoms with E-state index in [1.54, 1.807) is 12.2 Å². The Morgan fingerprint density at radius 1 is 0.545 bits per heavy atom. The van der Waals surface area contributed by atoms with Gasteiger partial charge in [-0.2, -0.15) is 0 Å². The summed E-state index contributed by atoms with van der Waals surface area (Å²) in [5.41, 5.74) is 7.24. The van der Waals surface area contributed by atoms with Crippen LogP contribution >= 0.6 is 0 Å². The van der Waals surface area contributed by atoms with Crippen molar-refractivity contribution < 1.29 is 4.74 Å². The Balaban J connectivity index is 1.37. The summed E-state index contributed by atoms with van der Waals surface area (Å²) in [4.78, 5) is 4.92. The zero-order valence-electron chi connectivity index (χ0n) is 23.9. The summed E-state index contributed by atoms with van der Waals surface area (Å²) < 4.78 is 6.75. The number of ether oxygens (including phenoxy) is 1. The van der Waals surface area contributed by atoms with E-state index in [9.17, 15) is 0 Å². The van der Waals surface area contributed by atoms with Crippen LogP contribution < -0.4 is 4.74 Å². The van der Waals surface area contributed by atoms with Gasteiger partial charge in [0.15, 0.2) is 0 Å². The molecule has 0 amide bonds. The Bertz CT molecular complexity index is 1980. The Morgan fingerprint density at radius 2 is 1.11 bits per heavy atom. The van der Waals surface area contributed by atoms with Gasteiger partial charge in [0, 0.05) is 16.7 Å². The van der Waals surface area contributed by atoms with Crippen molar-refractivity contribution in [3.63, 3.8) is 0 Å². The normalized spacial score (nSPS) is 13.0. The first kappa shape index (κ1) is 27.0. The zero-order valence-corrected chi connectivity index (χ0v) is 23.9. The average Bonchev–Trinajstić information content (AvgIpc) is 3.10. The third-order valence-electron chi connectivity index (χ3n) is 8.14. The maximum atomic E-state index is 8.74. The molecule has 6 aromatic rings. The molecule has 0 spiro atoms. The summed E-state index contributed by atoms with van der Waals surface area (Å²) >= 11 is 0. The van der Waals surface area contributed by atoms with Crippen LogP contribution in [0.3, 0.4) is 0 Å². The molecular weight excluding hydrogens is 538 g/mol. The van der Waals surface area contributed by atoms with E-state index in [1.165, 1.54) is 0 Å². The molecule has 0 fully saturated rings. The second kappa shape index (κ2) is 11.4. The van der Waals surface area contributed by atoms with Gasteiger partial charge in [-0.05, 0) is 53.1 Å². The molecule has 1 aliphatic heterocycles. The molecule has 7 rings (SSSR count). The predicted octanol–water partition coefficient (Wildman–Crippen LogP) is 9.23. The Hall–Kier alpha value is -5.87. The maximum Gasteiger partial charge on any atom is 0.141 e. The zero-order chi connectivity index (χ0) is 29.9. The summed E-state index contributed by atoms with van der Waals surface area (Å²) in [5, 5.41) is 17.1. The first-order valence-electron chi connectivity index (χ1n) is 14.6. The van der Waals surface area contributed by atoms with Crippen LogP contribution in [-0.2, 0) is 5.41 Å². The second-order valence-corrected chi connectivity index (χ2v) is 10.7. The molecule has 0 saturated heterocycles. The monoisotopic (exact) mass is 567 g/mol. The quantitative estimate of drug-likeness (QED) is 0.189. The fourth-order valence-corrected chi connectivity index (χ4v) is 6.13. The molecule has 0 radical (unpaired) electrons. The summed E-state index contributed by atoms with van der Waals surface area (Å²) in [6.07, 6.45) is 3.27. The van der Waals surface area contributed by atoms with Crippen LogP contribution in [0.5, 0.6) is 11.5 Å². The second-order valence-electron chi connectivity index (χ2n) is 10.7. The largest absolute Gasteiger partial charge is 0.456 e. The number of nitrogens with zero attached hydrogens (tertiary/aromatic N) is 1. The molecule has 2 heterocycles. The molecule has 210 valence electrons. The van der Waals surface area contributed by atoms with Crippen LogP contribution in [0.1, 0.15) is 33.5 Å². The first-order chi connectivity index (χ1) is 21.7. The van der Waals surface area contributed by atoms with Gasteiger partial charge < -0.3 is 10.1 Å². The lowest BCUT2D eigenvalue weighted by Crippen LogP contribution is -2.34. The van der Waals surface area contributed by atoms with Crippen LogP contribution in [0.4, 0.5) is 0 Å². The standard InChI is InChI=1S/C40H29N3O/c41-34(28-14-4-1-5-15-28)26-27-35(42)37-24-13-23-36(43-37)31-20-12-22-33-39(31)44-38-25-11-10-21-32(38)40(33,29-16-6-2-7-17-29)30-18-8-3-9-19-30/h1-27,41-42H/b27-26-,41-34?,42-35?. The fraction of sp³-hybridized carbons (Fsp3) is 0.0250. The molecule has 4 nitrogen and oxygen atoms in total. The molecule has 5 aromatic carbocycles. The van der Waals surface area contributed by atoms with Crippen molar-refractivity contribution in [2.45, 2.75) is 5.41 Å². The van der Waals surface area contributed by atoms with Crippen molar-refractivity contribution in [1.29, 1.82) is 10.8 Å². The van der Waals surface area contributed by atoms with Crippen LogP contribution in [0.2, 0.25) is 0 Å². The van der Waals surface area contributed by atoms with E-state index < -0.39 is 5.41 Å². The third-order valence-corrected chi connectivity index (χ3v) is 8.14. The molecule has 1 aliphatic rings. The van der Waals surface area contributed by atoms with Crippen molar-refractivity contribution in [3.05, 3.63) is 197 Å². The molecule has 0 atom stereocenters. The van der Waals surface area contributed by atoms with E-state index in [1.807, 2.05) is 78.9 Å². The lowest BCUT2D eigenvalue weighted by molar-refractivity contribution is 0.436. The van der Waals surface area contributed by atoms with Crippen LogP contribution in [-0.4, -0.2) is 16.4 Å². The van der Waals surface area contributed by atoms with Crippen LogP contribution in [0.15, 0.2) is 164 Å². The van der Waals surface area contributed by atoms with Crippen molar-refractivity contribution in [2.75, 3.05) is 0 Å². The van der Waals surface area contributed by atoms with E-state index in [2.05, 4.69) is 72.8 Å². The number of fused-ring (bicyclic) bond motifs is 2. The minimum atomic E-state index is -0.617. The van der Waals surface area contributed by atoms with Crippen molar-refractivity contribution in [3.8, 4) is 22.8 Å². The predicted molar refractivity (Wildman–Crippen MR) is 177 cm³/mol. The highest BCUT2D eigenvalue weighted by Gasteiger charge is 2.45. The van der Waals surface area contributed by atoms with Crippen molar-refractivity contribution in [1.82, 2.24) is 4.98 Å². The number of aromatic nitrogens is 1. The molecule has 0 bridgehead atoms. The number of hydrogen-bond acceptors (Lipinski definition) is 4. The summed E-state index contributed by atoms with van der Waals surface area (Å²) in [7, 11) is 0. The van der Waals surface area contributed by atoms with E-state index in [-0.39, 0.29) is 5.71 Å². The topological polar surface area (TPSA) is 69.8 Å². The van der Waals surface area contributed by atoms with Gasteiger partial charge in [-0.15, -0.1) is 0 Å². The van der Waals surface area contributed by atoms with Crippen molar-refractivity contribution >= 4 is 11.4 Å². The highest BCUT2D eigenvalue weighted by molar-refractivity contribution is 6.13. The fourth-order valence-electron chi connectivity index (χ4n) is 6.13. The minimum Gasteiger partial charge on any atom is -0.456 e. The number of para-hydroxylation sites is 2. The van der Waals surface area contributed by atoms with E-state index in [4.69, 9.17) is 20.5 Å². The molecule has 4 heteroatoms. The van der Waals surface area contributed by atoms with Gasteiger partial charge >= 0.3 is 0 Å². The van der Waals surface area contributed by atoms with Gasteiger partial charge in [0.25, 0.3) is 0 Å². The maximum absolute atomic E-state index is 8.74. The number of hydrogen-bond donors (Lipinski definition) is 2. The number of nitrogens with one attached hydrogen (secondary N) is 2. The van der Waals surface area contributed by atoms with E-state index in [0.717, 1.165) is 44.9 Å². The smallest absolute Gasteiger partial charge is 0.141 e. The summed E-state index contributed by atoms with van der Waals surface area (Å²) in [6, 6.07) is 50.9. The lowest BCUT2D eigenvalue weighted by atomic mass is 9.63. The molecule has 1 aromatic heterocycles. The summed E-state index contributed by atoms with van der Waals surface area (Å²) in [5.74, 6) is 1.54. The van der Waals surface area contributed by atoms with Gasteiger partial charge in [0.2, 0.25) is 0 Å². The number of allylic oxidation sites excluding steroid dienone is 2. The number of pyridine rings is 1. The molecule has 44 heavy (non-hydrogen) atoms. The summed E-state index contributed by atoms with van der Waals surface area (Å²) in [6.45, 7) is 0. The van der Waals surface area contributed by atoms with Crippen molar-refractivity contribution in [2.24, 2.45) is 0 Å². The van der Waals surface area contributed by atoms with Gasteiger partial charge in [0.1, 0.15) is 11.5 Å². The van der Waals surface area contributed by atoms with Crippen LogP contribution in [0.25, 0.3) is 11.3 Å². The van der Waals surface area contributed by atoms with Gasteiger partial charge in [-0.1, -0.05) is 127 Å². The van der Waals surface area contributed by atoms with Crippen LogP contribution in [0, 0.1) is 10.8 Å². The molecule has 0 saturated carbocycles. The molecular formula is C40H29N3O. The molecule has 0 aliphatic carbocycles. The highest BCUT2D eigenvalue weighted by atomic mass is 16.5. The minimum absolute atomic E-state index is 0.228. The Kier molecular flexibility index (Phi) is 7.01. The van der Waals surface area contributed by atoms with Gasteiger partial charge in [0.05, 0.1) is 28.2 Å². The Labute approximate surface area is 257 Å². The first-order valence-corrected chi connectivity index (χ1v) is 14.6. The average molecular weight is 568 g/mol. The molecule has 0 unspecified atom stereocenters. The number of benzene rings is 5. The number of rotatable bonds is 7. The third kappa shape index (κ3) is 4.63. The highest BCUT2D eigenvalue weighted by Crippen LogP contribution is 2.57. The van der Waals surface area contributed by atoms with E-state index in [0.29, 0.717) is 17.1 Å². The molecule has 2 N–H and O–H groups in total. The lowest BCUT2D eigenvalue weighted by Gasteiger charge is -2.42. The van der Waals surface area contributed by atoms with E-state index >= 15 is 0 Å². The Morgan fingerprint density at radius 3 is 1.82 bits per heavy atom. The SMILES string of the molecule is N=C(/C=C\C(=N)c1cccc(-c2cccc3c2Oc2ccccc2C3(c2ccccc2)c2ccccc2)n1)c1ccccc1.